The van der Waals surface area contributed by atoms with Crippen molar-refractivity contribution >= 4 is 23.6 Å². The smallest absolute Gasteiger partial charge is 0.249 e. The minimum atomic E-state index is -0.435. The van der Waals surface area contributed by atoms with E-state index in [-0.39, 0.29) is 5.95 Å². The van der Waals surface area contributed by atoms with Crippen LogP contribution in [0, 0.1) is 0 Å². The van der Waals surface area contributed by atoms with Crippen molar-refractivity contribution in [3.63, 3.8) is 0 Å². The highest BCUT2D eigenvalue weighted by atomic mass is 32.2. The van der Waals surface area contributed by atoms with Crippen LogP contribution in [0.2, 0.25) is 0 Å². The van der Waals surface area contributed by atoms with Crippen LogP contribution >= 0.6 is 11.8 Å². The molecule has 0 aliphatic carbocycles. The summed E-state index contributed by atoms with van der Waals surface area (Å²) in [6.45, 7) is 0. The standard InChI is InChI=1S/C10H11N5OS/c11-8(16)7-4-2-1-3-6(7)5-17-10-13-9(12)14-15-10/h1-4H,5H2,(H2,11,16)(H3,12,13,14,15). The van der Waals surface area contributed by atoms with Gasteiger partial charge in [-0.3, -0.25) is 4.79 Å². The van der Waals surface area contributed by atoms with Crippen molar-refractivity contribution in [1.82, 2.24) is 15.2 Å². The molecule has 0 radical (unpaired) electrons. The number of H-pyrrole nitrogens is 1. The summed E-state index contributed by atoms with van der Waals surface area (Å²) >= 11 is 1.38. The third-order valence-electron chi connectivity index (χ3n) is 2.12. The molecule has 1 aromatic carbocycles. The quantitative estimate of drug-likeness (QED) is 0.693. The van der Waals surface area contributed by atoms with Crippen molar-refractivity contribution in [2.24, 2.45) is 5.73 Å². The summed E-state index contributed by atoms with van der Waals surface area (Å²) in [5.41, 5.74) is 12.1. The zero-order valence-corrected chi connectivity index (χ0v) is 9.70. The van der Waals surface area contributed by atoms with Gasteiger partial charge < -0.3 is 11.5 Å². The summed E-state index contributed by atoms with van der Waals surface area (Å²) in [5.74, 6) is 0.405. The Kier molecular flexibility index (Phi) is 3.29. The van der Waals surface area contributed by atoms with Gasteiger partial charge in [0.05, 0.1) is 0 Å². The zero-order valence-electron chi connectivity index (χ0n) is 8.88. The third-order valence-corrected chi connectivity index (χ3v) is 3.02. The average Bonchev–Trinajstić information content (AvgIpc) is 2.73. The van der Waals surface area contributed by atoms with Crippen molar-refractivity contribution in [2.45, 2.75) is 10.9 Å². The average molecular weight is 249 g/mol. The Balaban J connectivity index is 2.11. The number of hydrogen-bond donors (Lipinski definition) is 3. The Hall–Kier alpha value is -2.02. The molecule has 0 fully saturated rings. The van der Waals surface area contributed by atoms with Crippen LogP contribution in [-0.2, 0) is 5.75 Å². The number of carbonyl (C=O) groups excluding carboxylic acids is 1. The number of nitrogens with zero attached hydrogens (tertiary/aromatic N) is 2. The fraction of sp³-hybridized carbons (Fsp3) is 0.100. The lowest BCUT2D eigenvalue weighted by atomic mass is 10.1. The Morgan fingerprint density at radius 2 is 2.18 bits per heavy atom. The number of anilines is 1. The van der Waals surface area contributed by atoms with Crippen LogP contribution in [0.1, 0.15) is 15.9 Å². The van der Waals surface area contributed by atoms with E-state index in [1.807, 2.05) is 12.1 Å². The first kappa shape index (κ1) is 11.5. The minimum absolute atomic E-state index is 0.274. The van der Waals surface area contributed by atoms with E-state index in [0.717, 1.165) is 5.56 Å². The number of amides is 1. The van der Waals surface area contributed by atoms with Crippen molar-refractivity contribution in [3.8, 4) is 0 Å². The lowest BCUT2D eigenvalue weighted by Gasteiger charge is -2.03. The molecule has 1 heterocycles. The molecule has 17 heavy (non-hydrogen) atoms. The topological polar surface area (TPSA) is 111 Å². The molecule has 0 saturated heterocycles. The molecule has 5 N–H and O–H groups in total. The maximum absolute atomic E-state index is 11.2. The number of thioether (sulfide) groups is 1. The van der Waals surface area contributed by atoms with Gasteiger partial charge in [0.1, 0.15) is 0 Å². The third kappa shape index (κ3) is 2.76. The fourth-order valence-electron chi connectivity index (χ4n) is 1.35. The Morgan fingerprint density at radius 1 is 1.41 bits per heavy atom. The van der Waals surface area contributed by atoms with Crippen molar-refractivity contribution in [1.29, 1.82) is 0 Å². The summed E-state index contributed by atoms with van der Waals surface area (Å²) in [4.78, 5) is 15.2. The molecule has 88 valence electrons. The maximum atomic E-state index is 11.2. The summed E-state index contributed by atoms with van der Waals surface area (Å²) in [7, 11) is 0. The first-order valence-corrected chi connectivity index (χ1v) is 5.84. The molecular weight excluding hydrogens is 238 g/mol. The molecular formula is C10H11N5OS. The highest BCUT2D eigenvalue weighted by Crippen LogP contribution is 2.21. The molecule has 0 unspecified atom stereocenters. The van der Waals surface area contributed by atoms with Gasteiger partial charge in [0.2, 0.25) is 17.0 Å². The number of carbonyl (C=O) groups is 1. The van der Waals surface area contributed by atoms with Gasteiger partial charge in [0, 0.05) is 11.3 Å². The summed E-state index contributed by atoms with van der Waals surface area (Å²) < 4.78 is 0. The Bertz CT molecular complexity index is 539. The summed E-state index contributed by atoms with van der Waals surface area (Å²) in [5, 5.41) is 6.98. The normalized spacial score (nSPS) is 10.4. The number of hydrogen-bond acceptors (Lipinski definition) is 5. The van der Waals surface area contributed by atoms with Gasteiger partial charge in [-0.1, -0.05) is 30.0 Å². The molecule has 6 nitrogen and oxygen atoms in total. The molecule has 0 aliphatic rings. The van der Waals surface area contributed by atoms with Crippen molar-refractivity contribution < 1.29 is 4.79 Å². The molecule has 0 spiro atoms. The Morgan fingerprint density at radius 3 is 2.82 bits per heavy atom. The number of aromatic nitrogens is 3. The van der Waals surface area contributed by atoms with Crippen LogP contribution in [0.3, 0.4) is 0 Å². The second kappa shape index (κ2) is 4.88. The van der Waals surface area contributed by atoms with Gasteiger partial charge >= 0.3 is 0 Å². The van der Waals surface area contributed by atoms with Crippen molar-refractivity contribution in [2.75, 3.05) is 5.73 Å². The fourth-order valence-corrected chi connectivity index (χ4v) is 2.16. The maximum Gasteiger partial charge on any atom is 0.249 e. The van der Waals surface area contributed by atoms with Gasteiger partial charge in [-0.15, -0.1) is 5.10 Å². The zero-order chi connectivity index (χ0) is 12.3. The van der Waals surface area contributed by atoms with E-state index >= 15 is 0 Å². The van der Waals surface area contributed by atoms with Crippen LogP contribution in [0.5, 0.6) is 0 Å². The predicted octanol–water partition coefficient (Wildman–Crippen LogP) is 0.778. The molecule has 2 rings (SSSR count). The van der Waals surface area contributed by atoms with Crippen LogP contribution < -0.4 is 11.5 Å². The number of aromatic amines is 1. The van der Waals surface area contributed by atoms with E-state index in [1.165, 1.54) is 11.8 Å². The van der Waals surface area contributed by atoms with Crippen LogP contribution in [-0.4, -0.2) is 21.1 Å². The van der Waals surface area contributed by atoms with Gasteiger partial charge in [-0.25, -0.2) is 5.10 Å². The molecule has 0 bridgehead atoms. The number of nitrogens with two attached hydrogens (primary N) is 2. The number of nitrogen functional groups attached to an aromatic ring is 1. The highest BCUT2D eigenvalue weighted by Gasteiger charge is 2.08. The number of primary amides is 1. The molecule has 1 amide bonds. The second-order valence-electron chi connectivity index (χ2n) is 3.31. The first-order valence-electron chi connectivity index (χ1n) is 4.85. The minimum Gasteiger partial charge on any atom is -0.368 e. The van der Waals surface area contributed by atoms with Crippen LogP contribution in [0.25, 0.3) is 0 Å². The molecule has 2 aromatic rings. The SMILES string of the molecule is NC(=O)c1ccccc1CSc1n[nH]c(N)n1. The van der Waals surface area contributed by atoms with E-state index in [9.17, 15) is 4.79 Å². The number of rotatable bonds is 4. The molecule has 0 saturated carbocycles. The van der Waals surface area contributed by atoms with Gasteiger partial charge in [0.25, 0.3) is 0 Å². The van der Waals surface area contributed by atoms with Gasteiger partial charge in [0.15, 0.2) is 0 Å². The van der Waals surface area contributed by atoms with E-state index in [2.05, 4.69) is 15.2 Å². The molecule has 1 aromatic heterocycles. The van der Waals surface area contributed by atoms with E-state index < -0.39 is 5.91 Å². The van der Waals surface area contributed by atoms with Crippen LogP contribution in [0.15, 0.2) is 29.4 Å². The number of benzene rings is 1. The number of nitrogens with one attached hydrogen (secondary N) is 1. The lowest BCUT2D eigenvalue weighted by Crippen LogP contribution is -2.13. The van der Waals surface area contributed by atoms with Gasteiger partial charge in [-0.2, -0.15) is 4.98 Å². The first-order chi connectivity index (χ1) is 8.16. The molecule has 0 aliphatic heterocycles. The predicted molar refractivity (Wildman–Crippen MR) is 65.3 cm³/mol. The second-order valence-corrected chi connectivity index (χ2v) is 4.26. The molecule has 0 atom stereocenters. The monoisotopic (exact) mass is 249 g/mol. The lowest BCUT2D eigenvalue weighted by molar-refractivity contribution is 0.0999. The summed E-state index contributed by atoms with van der Waals surface area (Å²) in [6, 6.07) is 7.18. The Labute approximate surface area is 102 Å². The van der Waals surface area contributed by atoms with E-state index in [4.69, 9.17) is 11.5 Å². The summed E-state index contributed by atoms with van der Waals surface area (Å²) in [6.07, 6.45) is 0. The van der Waals surface area contributed by atoms with Crippen LogP contribution in [0.4, 0.5) is 5.95 Å². The highest BCUT2D eigenvalue weighted by molar-refractivity contribution is 7.98. The van der Waals surface area contributed by atoms with E-state index in [0.29, 0.717) is 16.5 Å². The van der Waals surface area contributed by atoms with Crippen molar-refractivity contribution in [3.05, 3.63) is 35.4 Å². The largest absolute Gasteiger partial charge is 0.368 e. The van der Waals surface area contributed by atoms with E-state index in [1.54, 1.807) is 12.1 Å². The molecule has 7 heteroatoms. The van der Waals surface area contributed by atoms with Gasteiger partial charge in [-0.05, 0) is 11.6 Å².